The van der Waals surface area contributed by atoms with Crippen LogP contribution in [0.3, 0.4) is 0 Å². The molecule has 0 saturated heterocycles. The highest BCUT2D eigenvalue weighted by Gasteiger charge is 2.30. The van der Waals surface area contributed by atoms with Gasteiger partial charge in [0.15, 0.2) is 0 Å². The minimum absolute atomic E-state index is 0.00447. The normalized spacial score (nSPS) is 14.5. The summed E-state index contributed by atoms with van der Waals surface area (Å²) in [5.74, 6) is -2.10. The Kier molecular flexibility index (Phi) is 5.50. The molecule has 0 fully saturated rings. The first-order valence-corrected chi connectivity index (χ1v) is 11.1. The van der Waals surface area contributed by atoms with Crippen molar-refractivity contribution in [3.63, 3.8) is 0 Å². The van der Waals surface area contributed by atoms with Crippen molar-refractivity contribution in [3.05, 3.63) is 71.3 Å². The fraction of sp³-hybridized carbons (Fsp3) is 0.227. The third-order valence-electron chi connectivity index (χ3n) is 5.50. The number of anilines is 1. The lowest BCUT2D eigenvalue weighted by molar-refractivity contribution is 0.0999. The van der Waals surface area contributed by atoms with Gasteiger partial charge in [0, 0.05) is 36.5 Å². The number of carbonyl (C=O) groups is 1. The molecular formula is C22H20F2N2O4S. The molecule has 3 aromatic rings. The Morgan fingerprint density at radius 2 is 1.90 bits per heavy atom. The summed E-state index contributed by atoms with van der Waals surface area (Å²) in [6.07, 6.45) is -0.0360. The van der Waals surface area contributed by atoms with Gasteiger partial charge in [0.1, 0.15) is 11.6 Å². The van der Waals surface area contributed by atoms with Gasteiger partial charge in [-0.15, -0.1) is 0 Å². The van der Waals surface area contributed by atoms with Gasteiger partial charge in [0.2, 0.25) is 10.0 Å². The molecule has 0 saturated carbocycles. The number of nitrogens with one attached hydrogen (secondary N) is 1. The van der Waals surface area contributed by atoms with Crippen LogP contribution in [0.5, 0.6) is 0 Å². The van der Waals surface area contributed by atoms with Crippen molar-refractivity contribution in [2.45, 2.75) is 11.3 Å². The van der Waals surface area contributed by atoms with E-state index in [1.165, 1.54) is 11.0 Å². The maximum Gasteiger partial charge on any atom is 0.258 e. The number of aliphatic hydroxyl groups is 1. The average molecular weight is 446 g/mol. The molecule has 0 bridgehead atoms. The summed E-state index contributed by atoms with van der Waals surface area (Å²) in [5.41, 5.74) is 1.12. The molecule has 0 aromatic heterocycles. The fourth-order valence-electron chi connectivity index (χ4n) is 3.86. The van der Waals surface area contributed by atoms with Gasteiger partial charge in [-0.1, -0.05) is 12.1 Å². The molecule has 31 heavy (non-hydrogen) atoms. The Bertz CT molecular complexity index is 1290. The number of carbonyl (C=O) groups excluding carboxylic acids is 1. The number of aliphatic hydroxyl groups excluding tert-OH is 1. The second kappa shape index (κ2) is 7.99. The number of sulfonamides is 1. The molecule has 4 rings (SSSR count). The van der Waals surface area contributed by atoms with Gasteiger partial charge < -0.3 is 10.0 Å². The number of hydrogen-bond acceptors (Lipinski definition) is 4. The van der Waals surface area contributed by atoms with Crippen LogP contribution in [0.4, 0.5) is 14.5 Å². The van der Waals surface area contributed by atoms with Crippen LogP contribution in [0, 0.1) is 17.6 Å². The molecule has 1 atom stereocenters. The van der Waals surface area contributed by atoms with E-state index in [2.05, 4.69) is 4.72 Å². The van der Waals surface area contributed by atoms with Crippen LogP contribution in [0.1, 0.15) is 15.9 Å². The summed E-state index contributed by atoms with van der Waals surface area (Å²) >= 11 is 0. The van der Waals surface area contributed by atoms with Crippen LogP contribution in [0.2, 0.25) is 0 Å². The number of nitrogens with zero attached hydrogens (tertiary/aromatic N) is 1. The topological polar surface area (TPSA) is 86.7 Å². The van der Waals surface area contributed by atoms with Gasteiger partial charge in [0.25, 0.3) is 5.91 Å². The molecule has 0 aliphatic carbocycles. The molecule has 1 aliphatic rings. The van der Waals surface area contributed by atoms with E-state index in [-0.39, 0.29) is 29.3 Å². The zero-order valence-electron chi connectivity index (χ0n) is 16.6. The Hall–Kier alpha value is -2.88. The highest BCUT2D eigenvalue weighted by Crippen LogP contribution is 2.39. The average Bonchev–Trinajstić information content (AvgIpc) is 3.00. The Labute approximate surface area is 178 Å². The molecule has 1 amide bonds. The lowest BCUT2D eigenvalue weighted by atomic mass is 10.00. The van der Waals surface area contributed by atoms with Crippen LogP contribution in [0.15, 0.2) is 53.4 Å². The highest BCUT2D eigenvalue weighted by molar-refractivity contribution is 7.89. The Morgan fingerprint density at radius 3 is 2.65 bits per heavy atom. The lowest BCUT2D eigenvalue weighted by Crippen LogP contribution is -2.32. The SMILES string of the molecule is CN1C(=O)c2cccc3c(S(=O)(=O)NCC(CO)Cc4cc(F)ccc4F)ccc1c23. The zero-order chi connectivity index (χ0) is 22.3. The van der Waals surface area contributed by atoms with E-state index in [1.54, 1.807) is 31.3 Å². The van der Waals surface area contributed by atoms with Gasteiger partial charge >= 0.3 is 0 Å². The molecule has 0 spiro atoms. The largest absolute Gasteiger partial charge is 0.396 e. The number of benzene rings is 3. The summed E-state index contributed by atoms with van der Waals surface area (Å²) in [6.45, 7) is -0.585. The zero-order valence-corrected chi connectivity index (χ0v) is 17.4. The summed E-state index contributed by atoms with van der Waals surface area (Å²) in [7, 11) is -2.38. The van der Waals surface area contributed by atoms with E-state index in [9.17, 15) is 27.1 Å². The van der Waals surface area contributed by atoms with E-state index in [1.807, 2.05) is 0 Å². The second-order valence-corrected chi connectivity index (χ2v) is 9.25. The maximum atomic E-state index is 13.9. The second-order valence-electron chi connectivity index (χ2n) is 7.52. The van der Waals surface area contributed by atoms with E-state index < -0.39 is 34.2 Å². The number of amides is 1. The summed E-state index contributed by atoms with van der Waals surface area (Å²) < 4.78 is 55.8. The van der Waals surface area contributed by atoms with Crippen LogP contribution in [-0.4, -0.2) is 39.6 Å². The van der Waals surface area contributed by atoms with Gasteiger partial charge in [-0.25, -0.2) is 21.9 Å². The molecule has 2 N–H and O–H groups in total. The predicted molar refractivity (Wildman–Crippen MR) is 113 cm³/mol. The molecule has 3 aromatic carbocycles. The van der Waals surface area contributed by atoms with E-state index in [0.29, 0.717) is 22.0 Å². The fourth-order valence-corrected chi connectivity index (χ4v) is 5.18. The number of rotatable bonds is 7. The van der Waals surface area contributed by atoms with Crippen LogP contribution in [0.25, 0.3) is 10.8 Å². The van der Waals surface area contributed by atoms with E-state index >= 15 is 0 Å². The molecule has 0 radical (unpaired) electrons. The number of halogens is 2. The van der Waals surface area contributed by atoms with Gasteiger partial charge in [-0.05, 0) is 54.3 Å². The minimum Gasteiger partial charge on any atom is -0.396 e. The third kappa shape index (κ3) is 3.80. The minimum atomic E-state index is -4.00. The maximum absolute atomic E-state index is 13.9. The van der Waals surface area contributed by atoms with Gasteiger partial charge in [-0.2, -0.15) is 0 Å². The molecule has 1 unspecified atom stereocenters. The molecule has 162 valence electrons. The van der Waals surface area contributed by atoms with Gasteiger partial charge in [-0.3, -0.25) is 4.79 Å². The summed E-state index contributed by atoms with van der Waals surface area (Å²) in [5, 5.41) is 10.6. The van der Waals surface area contributed by atoms with Crippen molar-refractivity contribution in [2.75, 3.05) is 25.1 Å². The van der Waals surface area contributed by atoms with Crippen LogP contribution < -0.4 is 9.62 Å². The first-order chi connectivity index (χ1) is 14.7. The van der Waals surface area contributed by atoms with E-state index in [0.717, 1.165) is 18.2 Å². The van der Waals surface area contributed by atoms with Crippen LogP contribution >= 0.6 is 0 Å². The first-order valence-electron chi connectivity index (χ1n) is 9.61. The predicted octanol–water partition coefficient (Wildman–Crippen LogP) is 2.84. The summed E-state index contributed by atoms with van der Waals surface area (Å²) in [4.78, 5) is 13.9. The molecule has 9 heteroatoms. The standard InChI is InChI=1S/C22H20F2N2O4S/c1-26-19-7-8-20(16-3-2-4-17(21(16)19)22(26)28)31(29,30)25-11-13(12-27)9-14-10-15(23)5-6-18(14)24/h2-8,10,13,25,27H,9,11-12H2,1H3. The van der Waals surface area contributed by atoms with Crippen molar-refractivity contribution in [2.24, 2.45) is 5.92 Å². The number of hydrogen-bond donors (Lipinski definition) is 2. The van der Waals surface area contributed by atoms with Crippen molar-refractivity contribution in [3.8, 4) is 0 Å². The molecule has 1 aliphatic heterocycles. The van der Waals surface area contributed by atoms with Crippen molar-refractivity contribution in [1.29, 1.82) is 0 Å². The van der Waals surface area contributed by atoms with Crippen molar-refractivity contribution in [1.82, 2.24) is 4.72 Å². The molecule has 1 heterocycles. The Balaban J connectivity index is 1.60. The quantitative estimate of drug-likeness (QED) is 0.584. The van der Waals surface area contributed by atoms with Crippen molar-refractivity contribution >= 4 is 32.4 Å². The lowest BCUT2D eigenvalue weighted by Gasteiger charge is -2.17. The van der Waals surface area contributed by atoms with Crippen molar-refractivity contribution < 1.29 is 27.1 Å². The van der Waals surface area contributed by atoms with Crippen LogP contribution in [-0.2, 0) is 16.4 Å². The first kappa shape index (κ1) is 21.4. The highest BCUT2D eigenvalue weighted by atomic mass is 32.2. The monoisotopic (exact) mass is 446 g/mol. The molecule has 6 nitrogen and oxygen atoms in total. The van der Waals surface area contributed by atoms with E-state index in [4.69, 9.17) is 0 Å². The third-order valence-corrected chi connectivity index (χ3v) is 6.98. The van der Waals surface area contributed by atoms with Gasteiger partial charge in [0.05, 0.1) is 10.6 Å². The Morgan fingerprint density at radius 1 is 1.13 bits per heavy atom. The summed E-state index contributed by atoms with van der Waals surface area (Å²) in [6, 6.07) is 10.9. The smallest absolute Gasteiger partial charge is 0.258 e. The molecular weight excluding hydrogens is 426 g/mol.